The van der Waals surface area contributed by atoms with Crippen molar-refractivity contribution >= 4 is 16.9 Å². The van der Waals surface area contributed by atoms with Gasteiger partial charge in [0.1, 0.15) is 6.42 Å². The van der Waals surface area contributed by atoms with E-state index in [2.05, 4.69) is 16.8 Å². The van der Waals surface area contributed by atoms with Crippen molar-refractivity contribution in [3.05, 3.63) is 42.1 Å². The first kappa shape index (κ1) is 10.2. The van der Waals surface area contributed by atoms with Crippen molar-refractivity contribution < 1.29 is 9.90 Å². The van der Waals surface area contributed by atoms with Gasteiger partial charge in [-0.05, 0) is 18.2 Å². The molecule has 0 bridgehead atoms. The molecular weight excluding hydrogens is 202 g/mol. The summed E-state index contributed by atoms with van der Waals surface area (Å²) in [5.74, 6) is 4.55. The topological polar surface area (TPSA) is 50.2 Å². The molecule has 3 nitrogen and oxygen atoms in total. The Morgan fingerprint density at radius 3 is 3.00 bits per heavy atom. The van der Waals surface area contributed by atoms with Gasteiger partial charge in [-0.25, -0.2) is 0 Å². The van der Waals surface area contributed by atoms with Crippen LogP contribution in [-0.4, -0.2) is 16.1 Å². The molecule has 0 amide bonds. The Labute approximate surface area is 92.7 Å². The summed E-state index contributed by atoms with van der Waals surface area (Å²) in [4.78, 5) is 14.5. The molecule has 0 saturated carbocycles. The van der Waals surface area contributed by atoms with Crippen molar-refractivity contribution in [3.63, 3.8) is 0 Å². The summed E-state index contributed by atoms with van der Waals surface area (Å²) in [6.07, 6.45) is 1.58. The molecule has 0 radical (unpaired) electrons. The number of aromatic nitrogens is 1. The van der Waals surface area contributed by atoms with Crippen molar-refractivity contribution in [1.82, 2.24) is 4.98 Å². The van der Waals surface area contributed by atoms with Crippen LogP contribution in [-0.2, 0) is 4.79 Å². The van der Waals surface area contributed by atoms with Gasteiger partial charge >= 0.3 is 5.97 Å². The molecule has 0 spiro atoms. The van der Waals surface area contributed by atoms with Crippen LogP contribution >= 0.6 is 0 Å². The van der Waals surface area contributed by atoms with Gasteiger partial charge < -0.3 is 5.11 Å². The maximum atomic E-state index is 10.3. The highest BCUT2D eigenvalue weighted by atomic mass is 16.4. The number of carbonyl (C=O) groups is 1. The number of fused-ring (bicyclic) bond motifs is 1. The van der Waals surface area contributed by atoms with E-state index in [0.29, 0.717) is 0 Å². The second kappa shape index (κ2) is 4.45. The Morgan fingerprint density at radius 1 is 1.31 bits per heavy atom. The number of pyridine rings is 1. The molecule has 0 unspecified atom stereocenters. The first-order valence-electron chi connectivity index (χ1n) is 4.82. The van der Waals surface area contributed by atoms with E-state index in [1.54, 1.807) is 6.20 Å². The van der Waals surface area contributed by atoms with E-state index in [0.717, 1.165) is 16.5 Å². The lowest BCUT2D eigenvalue weighted by Gasteiger charge is -1.98. The molecule has 0 saturated heterocycles. The summed E-state index contributed by atoms with van der Waals surface area (Å²) in [5, 5.41) is 9.44. The van der Waals surface area contributed by atoms with Crippen LogP contribution in [0.4, 0.5) is 0 Å². The molecule has 1 heterocycles. The zero-order valence-electron chi connectivity index (χ0n) is 8.47. The fourth-order valence-corrected chi connectivity index (χ4v) is 1.43. The molecule has 3 heteroatoms. The Hall–Kier alpha value is -2.34. The second-order valence-corrected chi connectivity index (χ2v) is 3.25. The SMILES string of the molecule is O=C(O)CC#Cc1cccc2ncccc12. The molecule has 78 valence electrons. The normalized spacial score (nSPS) is 9.50. The third-order valence-electron chi connectivity index (χ3n) is 2.11. The molecule has 2 rings (SSSR count). The number of rotatable bonds is 1. The van der Waals surface area contributed by atoms with Gasteiger partial charge in [0.25, 0.3) is 0 Å². The van der Waals surface area contributed by atoms with Gasteiger partial charge in [0.2, 0.25) is 0 Å². The summed E-state index contributed by atoms with van der Waals surface area (Å²) < 4.78 is 0. The van der Waals surface area contributed by atoms with Crippen molar-refractivity contribution in [1.29, 1.82) is 0 Å². The van der Waals surface area contributed by atoms with Crippen LogP contribution in [0.5, 0.6) is 0 Å². The summed E-state index contributed by atoms with van der Waals surface area (Å²) in [6, 6.07) is 9.38. The number of hydrogen-bond acceptors (Lipinski definition) is 2. The monoisotopic (exact) mass is 211 g/mol. The van der Waals surface area contributed by atoms with Gasteiger partial charge in [-0.1, -0.05) is 24.0 Å². The first-order chi connectivity index (χ1) is 7.77. The number of aliphatic carboxylic acids is 1. The first-order valence-corrected chi connectivity index (χ1v) is 4.82. The maximum Gasteiger partial charge on any atom is 0.315 e. The highest BCUT2D eigenvalue weighted by Crippen LogP contribution is 2.14. The summed E-state index contributed by atoms with van der Waals surface area (Å²) >= 11 is 0. The Bertz CT molecular complexity index is 588. The van der Waals surface area contributed by atoms with Crippen molar-refractivity contribution in [3.8, 4) is 11.8 Å². The van der Waals surface area contributed by atoms with Crippen LogP contribution in [0.1, 0.15) is 12.0 Å². The number of carboxylic acid groups (broad SMARTS) is 1. The van der Waals surface area contributed by atoms with Crippen LogP contribution in [0.3, 0.4) is 0 Å². The zero-order valence-corrected chi connectivity index (χ0v) is 8.47. The molecule has 0 atom stereocenters. The quantitative estimate of drug-likeness (QED) is 0.734. The lowest BCUT2D eigenvalue weighted by Crippen LogP contribution is -1.90. The minimum Gasteiger partial charge on any atom is -0.481 e. The molecule has 2 aromatic rings. The summed E-state index contributed by atoms with van der Waals surface area (Å²) in [5.41, 5.74) is 1.68. The summed E-state index contributed by atoms with van der Waals surface area (Å²) in [7, 11) is 0. The fourth-order valence-electron chi connectivity index (χ4n) is 1.43. The molecular formula is C13H9NO2. The Kier molecular flexibility index (Phi) is 2.84. The molecule has 0 aliphatic carbocycles. The number of nitrogens with zero attached hydrogens (tertiary/aromatic N) is 1. The third-order valence-corrected chi connectivity index (χ3v) is 2.11. The summed E-state index contributed by atoms with van der Waals surface area (Å²) in [6.45, 7) is 0. The minimum atomic E-state index is -0.911. The molecule has 1 aromatic heterocycles. The van der Waals surface area contributed by atoms with E-state index in [9.17, 15) is 4.79 Å². The Balaban J connectivity index is 2.43. The highest BCUT2D eigenvalue weighted by molar-refractivity contribution is 5.85. The van der Waals surface area contributed by atoms with Gasteiger partial charge in [-0.2, -0.15) is 0 Å². The smallest absolute Gasteiger partial charge is 0.315 e. The largest absolute Gasteiger partial charge is 0.481 e. The lowest BCUT2D eigenvalue weighted by atomic mass is 10.1. The molecule has 0 aliphatic rings. The van der Waals surface area contributed by atoms with E-state index in [1.165, 1.54) is 0 Å². The lowest BCUT2D eigenvalue weighted by molar-refractivity contribution is -0.135. The van der Waals surface area contributed by atoms with Crippen molar-refractivity contribution in [2.75, 3.05) is 0 Å². The van der Waals surface area contributed by atoms with E-state index in [4.69, 9.17) is 5.11 Å². The molecule has 1 N–H and O–H groups in total. The number of hydrogen-bond donors (Lipinski definition) is 1. The van der Waals surface area contributed by atoms with Crippen LogP contribution in [0.25, 0.3) is 10.9 Å². The van der Waals surface area contributed by atoms with Crippen LogP contribution in [0.2, 0.25) is 0 Å². The van der Waals surface area contributed by atoms with Gasteiger partial charge in [-0.3, -0.25) is 9.78 Å². The second-order valence-electron chi connectivity index (χ2n) is 3.25. The standard InChI is InChI=1S/C13H9NO2/c15-13(16)8-2-5-10-4-1-7-12-11(10)6-3-9-14-12/h1,3-4,6-7,9H,8H2,(H,15,16). The van der Waals surface area contributed by atoms with Crippen LogP contribution < -0.4 is 0 Å². The molecule has 0 aliphatic heterocycles. The van der Waals surface area contributed by atoms with E-state index in [-0.39, 0.29) is 6.42 Å². The van der Waals surface area contributed by atoms with Gasteiger partial charge in [0.05, 0.1) is 5.52 Å². The van der Waals surface area contributed by atoms with Crippen LogP contribution in [0, 0.1) is 11.8 Å². The third kappa shape index (κ3) is 2.18. The van der Waals surface area contributed by atoms with Gasteiger partial charge in [-0.15, -0.1) is 0 Å². The molecule has 0 fully saturated rings. The van der Waals surface area contributed by atoms with E-state index in [1.807, 2.05) is 30.3 Å². The maximum absolute atomic E-state index is 10.3. The average Bonchev–Trinajstić information content (AvgIpc) is 2.29. The van der Waals surface area contributed by atoms with Crippen molar-refractivity contribution in [2.24, 2.45) is 0 Å². The van der Waals surface area contributed by atoms with Crippen molar-refractivity contribution in [2.45, 2.75) is 6.42 Å². The minimum absolute atomic E-state index is 0.142. The predicted octanol–water partition coefficient (Wildman–Crippen LogP) is 2.06. The number of carboxylic acids is 1. The molecule has 16 heavy (non-hydrogen) atoms. The fraction of sp³-hybridized carbons (Fsp3) is 0.0769. The zero-order chi connectivity index (χ0) is 11.4. The van der Waals surface area contributed by atoms with Crippen LogP contribution in [0.15, 0.2) is 36.5 Å². The van der Waals surface area contributed by atoms with E-state index < -0.39 is 5.97 Å². The van der Waals surface area contributed by atoms with Gasteiger partial charge in [0, 0.05) is 17.1 Å². The highest BCUT2D eigenvalue weighted by Gasteiger charge is 1.97. The Morgan fingerprint density at radius 2 is 2.19 bits per heavy atom. The van der Waals surface area contributed by atoms with E-state index >= 15 is 0 Å². The molecule has 1 aromatic carbocycles. The van der Waals surface area contributed by atoms with Gasteiger partial charge in [0.15, 0.2) is 0 Å². The average molecular weight is 211 g/mol. The number of benzene rings is 1. The predicted molar refractivity (Wildman–Crippen MR) is 60.9 cm³/mol.